The maximum atomic E-state index is 10.7. The summed E-state index contributed by atoms with van der Waals surface area (Å²) in [6.07, 6.45) is 0. The minimum atomic E-state index is -1.02. The van der Waals surface area contributed by atoms with Gasteiger partial charge in [-0.1, -0.05) is 0 Å². The van der Waals surface area contributed by atoms with E-state index in [4.69, 9.17) is 9.52 Å². The first-order valence-corrected chi connectivity index (χ1v) is 5.96. The smallest absolute Gasteiger partial charge is 0.355 e. The fraction of sp³-hybridized carbons (Fsp3) is 0.273. The number of aromatic carboxylic acids is 1. The van der Waals surface area contributed by atoms with Gasteiger partial charge < -0.3 is 14.8 Å². The number of rotatable bonds is 4. The van der Waals surface area contributed by atoms with E-state index in [0.717, 1.165) is 11.5 Å². The summed E-state index contributed by atoms with van der Waals surface area (Å²) in [5.74, 6) is 0.629. The molecule has 0 aliphatic carbocycles. The highest BCUT2D eigenvalue weighted by molar-refractivity contribution is 7.13. The minimum absolute atomic E-state index is 0.0449. The Labute approximate surface area is 102 Å². The molecule has 0 aromatic carbocycles. The number of carboxylic acids is 1. The van der Waals surface area contributed by atoms with Crippen molar-refractivity contribution in [3.05, 3.63) is 34.7 Å². The SMILES string of the molecule is Cc1ccc(C(C)Nc2nc(C(=O)O)cs2)o1. The number of hydrogen-bond acceptors (Lipinski definition) is 5. The van der Waals surface area contributed by atoms with Crippen molar-refractivity contribution >= 4 is 22.4 Å². The second kappa shape index (κ2) is 4.58. The number of aryl methyl sites for hydroxylation is 1. The Morgan fingerprint density at radius 2 is 2.35 bits per heavy atom. The van der Waals surface area contributed by atoms with Gasteiger partial charge in [-0.25, -0.2) is 9.78 Å². The van der Waals surface area contributed by atoms with Crippen LogP contribution >= 0.6 is 11.3 Å². The molecule has 0 aliphatic heterocycles. The van der Waals surface area contributed by atoms with Crippen molar-refractivity contribution in [1.29, 1.82) is 0 Å². The molecule has 1 atom stereocenters. The van der Waals surface area contributed by atoms with Gasteiger partial charge in [0.25, 0.3) is 0 Å². The number of carbonyl (C=O) groups is 1. The molecule has 5 nitrogen and oxygen atoms in total. The predicted molar refractivity (Wildman–Crippen MR) is 64.6 cm³/mol. The molecule has 0 bridgehead atoms. The highest BCUT2D eigenvalue weighted by Crippen LogP contribution is 2.23. The molecule has 0 aliphatic rings. The van der Waals surface area contributed by atoms with Crippen molar-refractivity contribution < 1.29 is 14.3 Å². The van der Waals surface area contributed by atoms with Crippen molar-refractivity contribution in [2.75, 3.05) is 5.32 Å². The van der Waals surface area contributed by atoms with E-state index >= 15 is 0 Å². The van der Waals surface area contributed by atoms with Crippen molar-refractivity contribution in [2.24, 2.45) is 0 Å². The Balaban J connectivity index is 2.07. The van der Waals surface area contributed by atoms with E-state index in [1.54, 1.807) is 0 Å². The summed E-state index contributed by atoms with van der Waals surface area (Å²) < 4.78 is 5.47. The molecule has 0 amide bonds. The quantitative estimate of drug-likeness (QED) is 0.875. The first-order valence-electron chi connectivity index (χ1n) is 5.08. The molecule has 90 valence electrons. The first-order chi connectivity index (χ1) is 8.06. The molecule has 0 saturated heterocycles. The van der Waals surface area contributed by atoms with Crippen LogP contribution < -0.4 is 5.32 Å². The average molecular weight is 252 g/mol. The highest BCUT2D eigenvalue weighted by atomic mass is 32.1. The molecular formula is C11H12N2O3S. The molecule has 1 unspecified atom stereocenters. The largest absolute Gasteiger partial charge is 0.476 e. The number of anilines is 1. The third kappa shape index (κ3) is 2.65. The van der Waals surface area contributed by atoms with Gasteiger partial charge in [0, 0.05) is 5.38 Å². The maximum Gasteiger partial charge on any atom is 0.355 e. The van der Waals surface area contributed by atoms with E-state index in [1.165, 1.54) is 16.7 Å². The Kier molecular flexibility index (Phi) is 3.14. The molecule has 0 saturated carbocycles. The summed E-state index contributed by atoms with van der Waals surface area (Å²) in [4.78, 5) is 14.6. The van der Waals surface area contributed by atoms with Crippen molar-refractivity contribution in [3.8, 4) is 0 Å². The van der Waals surface area contributed by atoms with E-state index < -0.39 is 5.97 Å². The summed E-state index contributed by atoms with van der Waals surface area (Å²) in [5.41, 5.74) is 0.0559. The standard InChI is InChI=1S/C11H12N2O3S/c1-6-3-4-9(16-6)7(2)12-11-13-8(5-17-11)10(14)15/h3-5,7H,1-2H3,(H,12,13)(H,14,15). The number of carboxylic acid groups (broad SMARTS) is 1. The number of hydrogen-bond donors (Lipinski definition) is 2. The van der Waals surface area contributed by atoms with E-state index in [1.807, 2.05) is 26.0 Å². The van der Waals surface area contributed by atoms with Gasteiger partial charge in [-0.05, 0) is 26.0 Å². The summed E-state index contributed by atoms with van der Waals surface area (Å²) in [6.45, 7) is 3.81. The second-order valence-electron chi connectivity index (χ2n) is 3.66. The van der Waals surface area contributed by atoms with Crippen LogP contribution in [0.1, 0.15) is 35.0 Å². The van der Waals surface area contributed by atoms with Crippen LogP contribution in [0.3, 0.4) is 0 Å². The van der Waals surface area contributed by atoms with Gasteiger partial charge in [0.15, 0.2) is 10.8 Å². The van der Waals surface area contributed by atoms with Crippen LogP contribution in [-0.2, 0) is 0 Å². The molecule has 0 radical (unpaired) electrons. The summed E-state index contributed by atoms with van der Waals surface area (Å²) in [5, 5.41) is 13.9. The van der Waals surface area contributed by atoms with Crippen LogP contribution in [0.15, 0.2) is 21.9 Å². The number of aromatic nitrogens is 1. The second-order valence-corrected chi connectivity index (χ2v) is 4.52. The summed E-state index contributed by atoms with van der Waals surface area (Å²) in [6, 6.07) is 3.73. The lowest BCUT2D eigenvalue weighted by Crippen LogP contribution is -2.06. The zero-order valence-electron chi connectivity index (χ0n) is 9.43. The fourth-order valence-electron chi connectivity index (χ4n) is 1.38. The third-order valence-electron chi connectivity index (χ3n) is 2.25. The van der Waals surface area contributed by atoms with Crippen LogP contribution in [0.2, 0.25) is 0 Å². The molecule has 6 heteroatoms. The molecule has 2 aromatic heterocycles. The lowest BCUT2D eigenvalue weighted by molar-refractivity contribution is 0.0691. The minimum Gasteiger partial charge on any atom is -0.476 e. The molecule has 2 aromatic rings. The van der Waals surface area contributed by atoms with E-state index in [-0.39, 0.29) is 11.7 Å². The fourth-order valence-corrected chi connectivity index (χ4v) is 2.15. The van der Waals surface area contributed by atoms with Crippen LogP contribution in [0.4, 0.5) is 5.13 Å². The molecule has 0 fully saturated rings. The zero-order chi connectivity index (χ0) is 12.4. The molecule has 2 N–H and O–H groups in total. The lowest BCUT2D eigenvalue weighted by Gasteiger charge is -2.09. The Morgan fingerprint density at radius 3 is 2.88 bits per heavy atom. The van der Waals surface area contributed by atoms with Gasteiger partial charge in [-0.2, -0.15) is 0 Å². The van der Waals surface area contributed by atoms with Crippen LogP contribution in [-0.4, -0.2) is 16.1 Å². The van der Waals surface area contributed by atoms with Gasteiger partial charge in [-0.15, -0.1) is 11.3 Å². The van der Waals surface area contributed by atoms with Crippen molar-refractivity contribution in [2.45, 2.75) is 19.9 Å². The molecule has 2 heterocycles. The highest BCUT2D eigenvalue weighted by Gasteiger charge is 2.13. The number of nitrogens with one attached hydrogen (secondary N) is 1. The third-order valence-corrected chi connectivity index (χ3v) is 3.02. The molecular weight excluding hydrogens is 240 g/mol. The molecule has 2 rings (SSSR count). The monoisotopic (exact) mass is 252 g/mol. The maximum absolute atomic E-state index is 10.7. The molecule has 0 spiro atoms. The average Bonchev–Trinajstić information content (AvgIpc) is 2.86. The van der Waals surface area contributed by atoms with Gasteiger partial charge in [0.05, 0.1) is 6.04 Å². The van der Waals surface area contributed by atoms with Crippen LogP contribution in [0, 0.1) is 6.92 Å². The first kappa shape index (κ1) is 11.7. The van der Waals surface area contributed by atoms with Gasteiger partial charge in [0.2, 0.25) is 0 Å². The molecule has 17 heavy (non-hydrogen) atoms. The van der Waals surface area contributed by atoms with Crippen molar-refractivity contribution in [3.63, 3.8) is 0 Å². The Morgan fingerprint density at radius 1 is 1.59 bits per heavy atom. The van der Waals surface area contributed by atoms with E-state index in [0.29, 0.717) is 5.13 Å². The number of nitrogens with zero attached hydrogens (tertiary/aromatic N) is 1. The number of furan rings is 1. The van der Waals surface area contributed by atoms with Crippen LogP contribution in [0.5, 0.6) is 0 Å². The topological polar surface area (TPSA) is 75.4 Å². The zero-order valence-corrected chi connectivity index (χ0v) is 10.2. The van der Waals surface area contributed by atoms with Gasteiger partial charge in [-0.3, -0.25) is 0 Å². The van der Waals surface area contributed by atoms with E-state index in [9.17, 15) is 4.79 Å². The number of thiazole rings is 1. The van der Waals surface area contributed by atoms with Crippen LogP contribution in [0.25, 0.3) is 0 Å². The van der Waals surface area contributed by atoms with Gasteiger partial charge >= 0.3 is 5.97 Å². The van der Waals surface area contributed by atoms with Crippen molar-refractivity contribution in [1.82, 2.24) is 4.98 Å². The normalized spacial score (nSPS) is 12.4. The summed E-state index contributed by atoms with van der Waals surface area (Å²) >= 11 is 1.26. The summed E-state index contributed by atoms with van der Waals surface area (Å²) in [7, 11) is 0. The Hall–Kier alpha value is -1.82. The van der Waals surface area contributed by atoms with E-state index in [2.05, 4.69) is 10.3 Å². The Bertz CT molecular complexity index is 532. The lowest BCUT2D eigenvalue weighted by atomic mass is 10.2. The predicted octanol–water partition coefficient (Wildman–Crippen LogP) is 2.92. The van der Waals surface area contributed by atoms with Gasteiger partial charge in [0.1, 0.15) is 11.5 Å².